The van der Waals surface area contributed by atoms with E-state index in [0.29, 0.717) is 12.0 Å². The maximum absolute atomic E-state index is 9.01. The molecule has 6 rings (SSSR count). The Morgan fingerprint density at radius 2 is 1.68 bits per heavy atom. The van der Waals surface area contributed by atoms with Crippen LogP contribution in [0.4, 0.5) is 5.82 Å². The van der Waals surface area contributed by atoms with Gasteiger partial charge in [-0.15, -0.1) is 0 Å². The van der Waals surface area contributed by atoms with Gasteiger partial charge < -0.3 is 9.88 Å². The highest BCUT2D eigenvalue weighted by Crippen LogP contribution is 2.43. The summed E-state index contributed by atoms with van der Waals surface area (Å²) in [7, 11) is 2.16. The molecule has 1 saturated carbocycles. The van der Waals surface area contributed by atoms with Crippen molar-refractivity contribution in [3.8, 4) is 28.6 Å². The number of hydrogen-bond acceptors (Lipinski definition) is 6. The number of benzene rings is 2. The lowest BCUT2D eigenvalue weighted by Crippen LogP contribution is -2.38. The van der Waals surface area contributed by atoms with Gasteiger partial charge in [-0.3, -0.25) is 4.90 Å². The fraction of sp³-hybridized carbons (Fsp3) is 0.333. The molecule has 37 heavy (non-hydrogen) atoms. The smallest absolute Gasteiger partial charge is 0.234 e. The predicted octanol–water partition coefficient (Wildman–Crippen LogP) is 5.37. The minimum Gasteiger partial charge on any atom is -0.367 e. The third-order valence-electron chi connectivity index (χ3n) is 7.45. The average Bonchev–Trinajstić information content (AvgIpc) is 3.73. The van der Waals surface area contributed by atoms with E-state index in [2.05, 4.69) is 86.4 Å². The molecule has 0 unspecified atom stereocenters. The summed E-state index contributed by atoms with van der Waals surface area (Å²) >= 11 is 0. The number of aromatic nitrogens is 4. The van der Waals surface area contributed by atoms with Crippen molar-refractivity contribution in [1.82, 2.24) is 24.4 Å². The van der Waals surface area contributed by atoms with Crippen molar-refractivity contribution in [1.29, 1.82) is 5.26 Å². The molecule has 2 fully saturated rings. The van der Waals surface area contributed by atoms with Crippen molar-refractivity contribution < 1.29 is 0 Å². The van der Waals surface area contributed by atoms with Crippen LogP contribution < -0.4 is 5.32 Å². The molecule has 4 aromatic rings. The van der Waals surface area contributed by atoms with Crippen LogP contribution >= 0.6 is 0 Å². The molecule has 0 spiro atoms. The monoisotopic (exact) mass is 489 g/mol. The highest BCUT2D eigenvalue weighted by Gasteiger charge is 2.31. The van der Waals surface area contributed by atoms with Gasteiger partial charge in [-0.2, -0.15) is 5.26 Å². The highest BCUT2D eigenvalue weighted by molar-refractivity contribution is 5.79. The van der Waals surface area contributed by atoms with Crippen LogP contribution in [0.1, 0.15) is 48.8 Å². The quantitative estimate of drug-likeness (QED) is 0.376. The van der Waals surface area contributed by atoms with E-state index in [-0.39, 0.29) is 5.82 Å². The van der Waals surface area contributed by atoms with E-state index in [1.165, 1.54) is 41.1 Å². The first kappa shape index (κ1) is 23.4. The summed E-state index contributed by atoms with van der Waals surface area (Å²) in [6.45, 7) is 3.00. The molecule has 2 aliphatic rings. The van der Waals surface area contributed by atoms with Crippen LogP contribution in [0.15, 0.2) is 66.9 Å². The van der Waals surface area contributed by atoms with Crippen LogP contribution in [0.25, 0.3) is 22.5 Å². The van der Waals surface area contributed by atoms with E-state index >= 15 is 0 Å². The van der Waals surface area contributed by atoms with Crippen LogP contribution in [-0.2, 0) is 13.6 Å². The molecule has 2 aromatic carbocycles. The molecule has 2 aromatic heterocycles. The number of anilines is 1. The fourth-order valence-corrected chi connectivity index (χ4v) is 5.31. The lowest BCUT2D eigenvalue weighted by molar-refractivity contribution is 0.211. The van der Waals surface area contributed by atoms with Crippen molar-refractivity contribution in [2.24, 2.45) is 7.05 Å². The second-order valence-corrected chi connectivity index (χ2v) is 10.1. The number of rotatable bonds is 7. The van der Waals surface area contributed by atoms with E-state index in [9.17, 15) is 0 Å². The number of nitrogens with one attached hydrogen (secondary N) is 1. The fourth-order valence-electron chi connectivity index (χ4n) is 5.31. The highest BCUT2D eigenvalue weighted by atomic mass is 15.1. The van der Waals surface area contributed by atoms with E-state index < -0.39 is 0 Å². The normalized spacial score (nSPS) is 16.4. The Morgan fingerprint density at radius 1 is 0.919 bits per heavy atom. The van der Waals surface area contributed by atoms with Crippen LogP contribution in [0.3, 0.4) is 0 Å². The maximum Gasteiger partial charge on any atom is 0.234 e. The summed E-state index contributed by atoms with van der Waals surface area (Å²) in [5.74, 6) is 2.74. The first-order valence-corrected chi connectivity index (χ1v) is 13.1. The first-order valence-electron chi connectivity index (χ1n) is 13.1. The van der Waals surface area contributed by atoms with E-state index in [1.54, 1.807) is 6.20 Å². The summed E-state index contributed by atoms with van der Waals surface area (Å²) in [6, 6.07) is 23.8. The number of hydrogen-bond donors (Lipinski definition) is 1. The minimum atomic E-state index is 0.205. The number of piperidine rings is 1. The van der Waals surface area contributed by atoms with Gasteiger partial charge in [0.05, 0.1) is 11.4 Å². The number of imidazole rings is 1. The third-order valence-corrected chi connectivity index (χ3v) is 7.45. The van der Waals surface area contributed by atoms with Crippen LogP contribution in [0, 0.1) is 11.3 Å². The second kappa shape index (κ2) is 10.2. The minimum absolute atomic E-state index is 0.205. The van der Waals surface area contributed by atoms with Crippen LogP contribution in [0.2, 0.25) is 0 Å². The van der Waals surface area contributed by atoms with Crippen molar-refractivity contribution in [3.05, 3.63) is 84.1 Å². The maximum atomic E-state index is 9.01. The molecule has 3 heterocycles. The topological polar surface area (TPSA) is 82.7 Å². The molecular formula is C30H31N7. The van der Waals surface area contributed by atoms with Crippen molar-refractivity contribution in [2.45, 2.75) is 44.2 Å². The Kier molecular flexibility index (Phi) is 6.42. The van der Waals surface area contributed by atoms with E-state index in [4.69, 9.17) is 10.2 Å². The lowest BCUT2D eigenvalue weighted by atomic mass is 10.0. The molecule has 0 atom stereocenters. The molecule has 186 valence electrons. The van der Waals surface area contributed by atoms with Gasteiger partial charge in [0.1, 0.15) is 17.7 Å². The summed E-state index contributed by atoms with van der Waals surface area (Å²) < 4.78 is 2.30. The zero-order valence-electron chi connectivity index (χ0n) is 21.1. The van der Waals surface area contributed by atoms with Crippen molar-refractivity contribution in [3.63, 3.8) is 0 Å². The largest absolute Gasteiger partial charge is 0.367 e. The Labute approximate surface area is 217 Å². The summed E-state index contributed by atoms with van der Waals surface area (Å²) in [6.07, 6.45) is 6.20. The molecule has 0 amide bonds. The van der Waals surface area contributed by atoms with Gasteiger partial charge in [0.15, 0.2) is 0 Å². The van der Waals surface area contributed by atoms with Gasteiger partial charge in [0.25, 0.3) is 0 Å². The molecule has 7 heteroatoms. The van der Waals surface area contributed by atoms with E-state index in [0.717, 1.165) is 44.0 Å². The molecule has 0 radical (unpaired) electrons. The van der Waals surface area contributed by atoms with E-state index in [1.807, 2.05) is 12.1 Å². The second-order valence-electron chi connectivity index (χ2n) is 10.1. The van der Waals surface area contributed by atoms with Gasteiger partial charge in [0, 0.05) is 56.0 Å². The summed E-state index contributed by atoms with van der Waals surface area (Å²) in [5.41, 5.74) is 6.00. The summed E-state index contributed by atoms with van der Waals surface area (Å²) in [5, 5.41) is 12.5. The van der Waals surface area contributed by atoms with Crippen LogP contribution in [-0.4, -0.2) is 43.6 Å². The molecule has 0 bridgehead atoms. The molecule has 7 nitrogen and oxygen atoms in total. The number of likely N-dealkylation sites (tertiary alicyclic amines) is 1. The van der Waals surface area contributed by atoms with Gasteiger partial charge in [-0.25, -0.2) is 15.0 Å². The first-order chi connectivity index (χ1) is 18.2. The number of nitriles is 1. The molecule has 1 aliphatic carbocycles. The van der Waals surface area contributed by atoms with Gasteiger partial charge in [-0.05, 0) is 37.3 Å². The molecular weight excluding hydrogens is 458 g/mol. The zero-order valence-corrected chi connectivity index (χ0v) is 21.1. The SMILES string of the molecule is Cn1c(C2CC2)nc(-c2ccc(CN3CCC(Nc4ccnc(C#N)n4)CC3)cc2)c1-c1ccccc1. The Hall–Kier alpha value is -4.02. The standard InChI is InChI=1S/C30H31N7/c1-36-29(23-5-3-2-4-6-23)28(35-30(36)24-11-12-24)22-9-7-21(8-10-22)20-37-17-14-25(15-18-37)33-26-13-16-32-27(19-31)34-26/h2-10,13,16,24-25H,11-12,14-15,17-18,20H2,1H3,(H,32,33,34). The Balaban J connectivity index is 1.12. The Morgan fingerprint density at radius 3 is 2.38 bits per heavy atom. The van der Waals surface area contributed by atoms with Crippen molar-refractivity contribution >= 4 is 5.82 Å². The average molecular weight is 490 g/mol. The third kappa shape index (κ3) is 5.11. The summed E-state index contributed by atoms with van der Waals surface area (Å²) in [4.78, 5) is 15.8. The lowest BCUT2D eigenvalue weighted by Gasteiger charge is -2.32. The molecule has 1 saturated heterocycles. The predicted molar refractivity (Wildman–Crippen MR) is 145 cm³/mol. The number of nitrogens with zero attached hydrogens (tertiary/aromatic N) is 6. The van der Waals surface area contributed by atoms with Crippen molar-refractivity contribution in [2.75, 3.05) is 18.4 Å². The molecule has 1 N–H and O–H groups in total. The van der Waals surface area contributed by atoms with Crippen LogP contribution in [0.5, 0.6) is 0 Å². The molecule has 1 aliphatic heterocycles. The van der Waals surface area contributed by atoms with Gasteiger partial charge >= 0.3 is 0 Å². The Bertz CT molecular complexity index is 1410. The van der Waals surface area contributed by atoms with Gasteiger partial charge in [0.2, 0.25) is 5.82 Å². The van der Waals surface area contributed by atoms with Gasteiger partial charge in [-0.1, -0.05) is 54.6 Å². The zero-order chi connectivity index (χ0) is 25.2.